The highest BCUT2D eigenvalue weighted by molar-refractivity contribution is 7.80. The summed E-state index contributed by atoms with van der Waals surface area (Å²) in [5, 5.41) is 0. The van der Waals surface area contributed by atoms with E-state index >= 15 is 0 Å². The van der Waals surface area contributed by atoms with E-state index < -0.39 is 6.73 Å². The third kappa shape index (κ3) is 31.8. The van der Waals surface area contributed by atoms with Gasteiger partial charge in [0.2, 0.25) is 0 Å². The topological polar surface area (TPSA) is 0 Å². The maximum atomic E-state index is 4.94. The molecule has 17 heavy (non-hydrogen) atoms. The minimum absolute atomic E-state index is 1.07. The van der Waals surface area contributed by atoms with Gasteiger partial charge >= 0.3 is 6.73 Å². The van der Waals surface area contributed by atoms with Gasteiger partial charge < -0.3 is 0 Å². The average Bonchev–Trinajstić information content (AvgIpc) is 2.26. The first kappa shape index (κ1) is 20.7. The molecule has 0 saturated heterocycles. The number of unbranched alkanes of at least 4 members (excludes halogenated alkanes) is 9. The fourth-order valence-corrected chi connectivity index (χ4v) is 1.82. The summed E-state index contributed by atoms with van der Waals surface area (Å²) in [6.07, 6.45) is 14.2. The lowest BCUT2D eigenvalue weighted by Gasteiger charge is -2.00. The molecule has 0 bridgehead atoms. The van der Waals surface area contributed by atoms with E-state index in [0.29, 0.717) is 0 Å². The number of halogens is 3. The van der Waals surface area contributed by atoms with Crippen LogP contribution in [0.15, 0.2) is 0 Å². The van der Waals surface area contributed by atoms with Crippen LogP contribution in [-0.2, 0) is 0 Å². The Hall–Kier alpha value is 1.44. The molecule has 0 unspecified atom stereocenters. The third-order valence-electron chi connectivity index (χ3n) is 2.51. The van der Waals surface area contributed by atoms with Gasteiger partial charge in [0.25, 0.3) is 0 Å². The van der Waals surface area contributed by atoms with Crippen LogP contribution >= 0.6 is 45.9 Å². The van der Waals surface area contributed by atoms with Gasteiger partial charge in [-0.15, -0.1) is 33.2 Å². The van der Waals surface area contributed by atoms with Crippen LogP contribution in [0.2, 0.25) is 0 Å². The van der Waals surface area contributed by atoms with Crippen LogP contribution in [0.25, 0.3) is 0 Å². The van der Waals surface area contributed by atoms with Crippen molar-refractivity contribution in [3.63, 3.8) is 0 Å². The molecule has 0 aliphatic heterocycles. The molecule has 0 nitrogen and oxygen atoms in total. The lowest BCUT2D eigenvalue weighted by Crippen LogP contribution is -1.81. The predicted molar refractivity (Wildman–Crippen MR) is 90.4 cm³/mol. The number of hydrogen-bond acceptors (Lipinski definition) is 1. The zero-order valence-corrected chi connectivity index (χ0v) is 15.3. The van der Waals surface area contributed by atoms with Crippen LogP contribution in [0.5, 0.6) is 0 Å². The highest BCUT2D eigenvalue weighted by Crippen LogP contribution is 2.10. The molecule has 106 valence electrons. The molecule has 0 N–H and O–H groups in total. The Morgan fingerprint density at radius 3 is 1.29 bits per heavy atom. The van der Waals surface area contributed by atoms with Crippen molar-refractivity contribution in [3.05, 3.63) is 0 Å². The van der Waals surface area contributed by atoms with E-state index in [9.17, 15) is 0 Å². The standard InChI is InChI=1S/C12H26S.Cl3HSi/c1-2-3-4-5-6-7-8-9-10-11-12-13;1-4(2)3/h13H,2-12H2,1H3;4H. The monoisotopic (exact) mass is 336 g/mol. The third-order valence-corrected chi connectivity index (χ3v) is 2.83. The zero-order chi connectivity index (χ0) is 13.4. The summed E-state index contributed by atoms with van der Waals surface area (Å²) in [7, 11) is 0. The Bertz CT molecular complexity index is 114. The van der Waals surface area contributed by atoms with Gasteiger partial charge in [0.1, 0.15) is 0 Å². The lowest BCUT2D eigenvalue weighted by atomic mass is 10.1. The van der Waals surface area contributed by atoms with Crippen LogP contribution in [-0.4, -0.2) is 12.5 Å². The molecule has 0 aromatic rings. The Labute approximate surface area is 129 Å². The second kappa shape index (κ2) is 19.8. The molecule has 5 heteroatoms. The maximum absolute atomic E-state index is 4.94. The van der Waals surface area contributed by atoms with Crippen molar-refractivity contribution in [3.8, 4) is 0 Å². The van der Waals surface area contributed by atoms with Gasteiger partial charge in [-0.05, 0) is 12.2 Å². The van der Waals surface area contributed by atoms with Gasteiger partial charge in [0.15, 0.2) is 0 Å². The highest BCUT2D eigenvalue weighted by atomic mass is 35.8. The minimum Gasteiger partial charge on any atom is -0.179 e. The number of hydrogen-bond donors (Lipinski definition) is 1. The van der Waals surface area contributed by atoms with Crippen LogP contribution in [0, 0.1) is 0 Å². The summed E-state index contributed by atoms with van der Waals surface area (Å²) in [5.41, 5.74) is 0. The quantitative estimate of drug-likeness (QED) is 0.207. The number of rotatable bonds is 10. The predicted octanol–water partition coefficient (Wildman–Crippen LogP) is 6.26. The maximum Gasteiger partial charge on any atom is 0.326 e. The van der Waals surface area contributed by atoms with Gasteiger partial charge in [0.05, 0.1) is 0 Å². The van der Waals surface area contributed by atoms with E-state index in [-0.39, 0.29) is 0 Å². The first-order valence-electron chi connectivity index (χ1n) is 6.68. The summed E-state index contributed by atoms with van der Waals surface area (Å²) in [5.74, 6) is 1.07. The van der Waals surface area contributed by atoms with E-state index in [1.807, 2.05) is 0 Å². The van der Waals surface area contributed by atoms with Crippen molar-refractivity contribution in [2.75, 3.05) is 5.75 Å². The van der Waals surface area contributed by atoms with Crippen molar-refractivity contribution in [2.45, 2.75) is 71.1 Å². The molecule has 0 saturated carbocycles. The molecular formula is C12H27Cl3SSi. The normalized spacial score (nSPS) is 10.2. The van der Waals surface area contributed by atoms with E-state index in [1.165, 1.54) is 64.2 Å². The van der Waals surface area contributed by atoms with Crippen molar-refractivity contribution in [1.29, 1.82) is 0 Å². The first-order valence-corrected chi connectivity index (χ1v) is 12.5. The Kier molecular flexibility index (Phi) is 24.1. The molecule has 0 aliphatic rings. The van der Waals surface area contributed by atoms with E-state index in [1.54, 1.807) is 0 Å². The summed E-state index contributed by atoms with van der Waals surface area (Å²) >= 11 is 19.0. The lowest BCUT2D eigenvalue weighted by molar-refractivity contribution is 0.563. The molecule has 0 rings (SSSR count). The molecule has 0 amide bonds. The molecule has 0 aliphatic carbocycles. The van der Waals surface area contributed by atoms with Gasteiger partial charge in [-0.25, -0.2) is 0 Å². The Morgan fingerprint density at radius 2 is 1.00 bits per heavy atom. The number of thiol groups is 1. The van der Waals surface area contributed by atoms with Crippen LogP contribution < -0.4 is 0 Å². The second-order valence-electron chi connectivity index (χ2n) is 4.15. The molecule has 0 aromatic carbocycles. The SMILES string of the molecule is CCCCCCCCCCCCS.Cl[SiH](Cl)Cl. The average molecular weight is 338 g/mol. The van der Waals surface area contributed by atoms with Crippen LogP contribution in [0.3, 0.4) is 0 Å². The van der Waals surface area contributed by atoms with E-state index in [4.69, 9.17) is 33.2 Å². The molecule has 0 atom stereocenters. The van der Waals surface area contributed by atoms with Crippen molar-refractivity contribution >= 4 is 52.6 Å². The van der Waals surface area contributed by atoms with Crippen LogP contribution in [0.4, 0.5) is 0 Å². The van der Waals surface area contributed by atoms with Crippen molar-refractivity contribution in [1.82, 2.24) is 0 Å². The zero-order valence-electron chi connectivity index (χ0n) is 10.9. The second-order valence-corrected chi connectivity index (χ2v) is 11.0. The van der Waals surface area contributed by atoms with E-state index in [0.717, 1.165) is 5.75 Å². The summed E-state index contributed by atoms with van der Waals surface area (Å²) < 4.78 is 0. The van der Waals surface area contributed by atoms with Gasteiger partial charge in [-0.3, -0.25) is 0 Å². The fraction of sp³-hybridized carbons (Fsp3) is 1.00. The molecule has 0 spiro atoms. The molecule has 0 fully saturated rings. The van der Waals surface area contributed by atoms with Gasteiger partial charge in [-0.2, -0.15) is 12.6 Å². The Morgan fingerprint density at radius 1 is 0.706 bits per heavy atom. The Balaban J connectivity index is 0. The summed E-state index contributed by atoms with van der Waals surface area (Å²) in [4.78, 5) is 0. The first-order chi connectivity index (χ1) is 8.15. The molecular weight excluding hydrogens is 311 g/mol. The van der Waals surface area contributed by atoms with Gasteiger partial charge in [-0.1, -0.05) is 64.7 Å². The largest absolute Gasteiger partial charge is 0.326 e. The van der Waals surface area contributed by atoms with Crippen molar-refractivity contribution < 1.29 is 0 Å². The smallest absolute Gasteiger partial charge is 0.179 e. The van der Waals surface area contributed by atoms with Crippen molar-refractivity contribution in [2.24, 2.45) is 0 Å². The highest BCUT2D eigenvalue weighted by Gasteiger charge is 1.91. The fourth-order valence-electron chi connectivity index (χ4n) is 1.60. The summed E-state index contributed by atoms with van der Waals surface area (Å²) in [6.45, 7) is 0.553. The van der Waals surface area contributed by atoms with E-state index in [2.05, 4.69) is 19.6 Å². The minimum atomic E-state index is -1.72. The summed E-state index contributed by atoms with van der Waals surface area (Å²) in [6, 6.07) is 0. The van der Waals surface area contributed by atoms with Gasteiger partial charge in [0, 0.05) is 0 Å². The van der Waals surface area contributed by atoms with Crippen LogP contribution in [0.1, 0.15) is 71.1 Å². The molecule has 0 radical (unpaired) electrons. The molecule has 0 heterocycles. The molecule has 0 aromatic heterocycles.